The SMILES string of the molecule is COc1ccccc1CNc1nc(Cl)nc2c1CCC2. The van der Waals surface area contributed by atoms with Gasteiger partial charge in [0, 0.05) is 17.7 Å². The molecule has 0 fully saturated rings. The molecule has 2 aromatic rings. The van der Waals surface area contributed by atoms with Gasteiger partial charge in [0.05, 0.1) is 12.8 Å². The van der Waals surface area contributed by atoms with Gasteiger partial charge in [0.1, 0.15) is 11.6 Å². The van der Waals surface area contributed by atoms with Crippen LogP contribution in [-0.4, -0.2) is 17.1 Å². The highest BCUT2D eigenvalue weighted by Crippen LogP contribution is 2.28. The zero-order chi connectivity index (χ0) is 13.9. The fourth-order valence-corrected chi connectivity index (χ4v) is 2.76. The number of rotatable bonds is 4. The number of anilines is 1. The maximum absolute atomic E-state index is 5.98. The summed E-state index contributed by atoms with van der Waals surface area (Å²) in [6.45, 7) is 0.657. The zero-order valence-corrected chi connectivity index (χ0v) is 12.1. The minimum atomic E-state index is 0.313. The van der Waals surface area contributed by atoms with Crippen molar-refractivity contribution in [2.75, 3.05) is 12.4 Å². The predicted molar refractivity (Wildman–Crippen MR) is 79.4 cm³/mol. The molecular weight excluding hydrogens is 274 g/mol. The number of ether oxygens (including phenoxy) is 1. The quantitative estimate of drug-likeness (QED) is 0.878. The number of para-hydroxylation sites is 1. The second-order valence-corrected chi connectivity index (χ2v) is 5.12. The van der Waals surface area contributed by atoms with Crippen LogP contribution >= 0.6 is 11.6 Å². The molecule has 1 aliphatic rings. The summed E-state index contributed by atoms with van der Waals surface area (Å²) in [7, 11) is 1.68. The number of methoxy groups -OCH3 is 1. The number of halogens is 1. The second kappa shape index (κ2) is 5.67. The van der Waals surface area contributed by atoms with Crippen molar-refractivity contribution in [3.8, 4) is 5.75 Å². The first kappa shape index (κ1) is 13.2. The molecule has 4 nitrogen and oxygen atoms in total. The van der Waals surface area contributed by atoms with Crippen LogP contribution in [0.2, 0.25) is 5.28 Å². The summed E-state index contributed by atoms with van der Waals surface area (Å²) in [5.41, 5.74) is 3.37. The minimum Gasteiger partial charge on any atom is -0.496 e. The molecule has 0 aliphatic heterocycles. The highest BCUT2D eigenvalue weighted by atomic mass is 35.5. The fourth-order valence-electron chi connectivity index (χ4n) is 2.58. The Balaban J connectivity index is 1.82. The average molecular weight is 290 g/mol. The lowest BCUT2D eigenvalue weighted by Gasteiger charge is -2.12. The van der Waals surface area contributed by atoms with Crippen LogP contribution in [0, 0.1) is 0 Å². The first-order chi connectivity index (χ1) is 9.78. The van der Waals surface area contributed by atoms with Crippen LogP contribution < -0.4 is 10.1 Å². The van der Waals surface area contributed by atoms with Crippen LogP contribution in [0.1, 0.15) is 23.2 Å². The lowest BCUT2D eigenvalue weighted by atomic mass is 10.2. The number of fused-ring (bicyclic) bond motifs is 1. The monoisotopic (exact) mass is 289 g/mol. The molecule has 0 saturated carbocycles. The Bertz CT molecular complexity index is 631. The Morgan fingerprint density at radius 3 is 2.95 bits per heavy atom. The van der Waals surface area contributed by atoms with E-state index in [0.29, 0.717) is 11.8 Å². The Morgan fingerprint density at radius 1 is 1.25 bits per heavy atom. The topological polar surface area (TPSA) is 47.0 Å². The van der Waals surface area contributed by atoms with Crippen LogP contribution in [0.3, 0.4) is 0 Å². The lowest BCUT2D eigenvalue weighted by molar-refractivity contribution is 0.410. The van der Waals surface area contributed by atoms with E-state index in [1.54, 1.807) is 7.11 Å². The molecule has 1 heterocycles. The van der Waals surface area contributed by atoms with Gasteiger partial charge in [-0.3, -0.25) is 0 Å². The minimum absolute atomic E-state index is 0.313. The summed E-state index contributed by atoms with van der Waals surface area (Å²) in [4.78, 5) is 8.61. The summed E-state index contributed by atoms with van der Waals surface area (Å²) >= 11 is 5.98. The number of hydrogen-bond donors (Lipinski definition) is 1. The Labute approximate surface area is 123 Å². The molecule has 0 saturated heterocycles. The van der Waals surface area contributed by atoms with E-state index in [1.807, 2.05) is 24.3 Å². The highest BCUT2D eigenvalue weighted by molar-refractivity contribution is 6.28. The van der Waals surface area contributed by atoms with Gasteiger partial charge in [-0.1, -0.05) is 18.2 Å². The van der Waals surface area contributed by atoms with Crippen molar-refractivity contribution in [1.29, 1.82) is 0 Å². The smallest absolute Gasteiger partial charge is 0.224 e. The van der Waals surface area contributed by atoms with E-state index in [-0.39, 0.29) is 0 Å². The van der Waals surface area contributed by atoms with E-state index >= 15 is 0 Å². The number of benzene rings is 1. The third-order valence-corrected chi connectivity index (χ3v) is 3.71. The first-order valence-electron chi connectivity index (χ1n) is 6.69. The maximum atomic E-state index is 5.98. The highest BCUT2D eigenvalue weighted by Gasteiger charge is 2.18. The van der Waals surface area contributed by atoms with Crippen LogP contribution in [0.5, 0.6) is 5.75 Å². The zero-order valence-electron chi connectivity index (χ0n) is 11.3. The molecular formula is C15H16ClN3O. The molecule has 0 radical (unpaired) electrons. The molecule has 0 atom stereocenters. The van der Waals surface area contributed by atoms with Crippen LogP contribution in [-0.2, 0) is 19.4 Å². The van der Waals surface area contributed by atoms with Gasteiger partial charge in [0.25, 0.3) is 0 Å². The van der Waals surface area contributed by atoms with E-state index in [1.165, 1.54) is 5.56 Å². The van der Waals surface area contributed by atoms with Gasteiger partial charge in [0.2, 0.25) is 5.28 Å². The molecule has 20 heavy (non-hydrogen) atoms. The Kier molecular flexibility index (Phi) is 3.74. The summed E-state index contributed by atoms with van der Waals surface area (Å²) in [5.74, 6) is 1.72. The van der Waals surface area contributed by atoms with Crippen molar-refractivity contribution < 1.29 is 4.74 Å². The van der Waals surface area contributed by atoms with Crippen molar-refractivity contribution >= 4 is 17.4 Å². The van der Waals surface area contributed by atoms with Crippen LogP contribution in [0.4, 0.5) is 5.82 Å². The normalized spacial score (nSPS) is 13.1. The number of aromatic nitrogens is 2. The standard InChI is InChI=1S/C15H16ClN3O/c1-20-13-8-3-2-5-10(13)9-17-14-11-6-4-7-12(11)18-15(16)19-14/h2-3,5,8H,4,6-7,9H2,1H3,(H,17,18,19). The number of hydrogen-bond acceptors (Lipinski definition) is 4. The van der Waals surface area contributed by atoms with E-state index in [4.69, 9.17) is 16.3 Å². The molecule has 0 unspecified atom stereocenters. The molecule has 1 aliphatic carbocycles. The second-order valence-electron chi connectivity index (χ2n) is 4.79. The van der Waals surface area contributed by atoms with E-state index < -0.39 is 0 Å². The van der Waals surface area contributed by atoms with Gasteiger partial charge >= 0.3 is 0 Å². The van der Waals surface area contributed by atoms with Crippen LogP contribution in [0.15, 0.2) is 24.3 Å². The van der Waals surface area contributed by atoms with Crippen molar-refractivity contribution in [2.24, 2.45) is 0 Å². The summed E-state index contributed by atoms with van der Waals surface area (Å²) in [5, 5.41) is 3.67. The van der Waals surface area contributed by atoms with Gasteiger partial charge in [-0.2, -0.15) is 0 Å². The molecule has 1 N–H and O–H groups in total. The Morgan fingerprint density at radius 2 is 2.10 bits per heavy atom. The maximum Gasteiger partial charge on any atom is 0.224 e. The van der Waals surface area contributed by atoms with Gasteiger partial charge in [-0.25, -0.2) is 9.97 Å². The molecule has 3 rings (SSSR count). The van der Waals surface area contributed by atoms with Crippen molar-refractivity contribution in [2.45, 2.75) is 25.8 Å². The largest absolute Gasteiger partial charge is 0.496 e. The lowest BCUT2D eigenvalue weighted by Crippen LogP contribution is -2.07. The third kappa shape index (κ3) is 2.56. The number of nitrogens with one attached hydrogen (secondary N) is 1. The third-order valence-electron chi connectivity index (χ3n) is 3.54. The molecule has 1 aromatic heterocycles. The van der Waals surface area contributed by atoms with E-state index in [2.05, 4.69) is 15.3 Å². The predicted octanol–water partition coefficient (Wildman–Crippen LogP) is 3.24. The first-order valence-corrected chi connectivity index (χ1v) is 7.07. The van der Waals surface area contributed by atoms with Crippen LogP contribution in [0.25, 0.3) is 0 Å². The van der Waals surface area contributed by atoms with Gasteiger partial charge in [-0.05, 0) is 36.9 Å². The molecule has 104 valence electrons. The molecule has 0 amide bonds. The molecule has 5 heteroatoms. The molecule has 0 spiro atoms. The number of aryl methyl sites for hydroxylation is 1. The van der Waals surface area contributed by atoms with E-state index in [0.717, 1.165) is 42.1 Å². The molecule has 0 bridgehead atoms. The summed E-state index contributed by atoms with van der Waals surface area (Å²) < 4.78 is 5.35. The van der Waals surface area contributed by atoms with Crippen molar-refractivity contribution in [1.82, 2.24) is 9.97 Å². The van der Waals surface area contributed by atoms with Gasteiger partial charge < -0.3 is 10.1 Å². The van der Waals surface area contributed by atoms with Gasteiger partial charge in [-0.15, -0.1) is 0 Å². The average Bonchev–Trinajstić information content (AvgIpc) is 2.93. The van der Waals surface area contributed by atoms with E-state index in [9.17, 15) is 0 Å². The number of nitrogens with zero attached hydrogens (tertiary/aromatic N) is 2. The van der Waals surface area contributed by atoms with Crippen molar-refractivity contribution in [3.63, 3.8) is 0 Å². The Hall–Kier alpha value is -1.81. The molecule has 1 aromatic carbocycles. The summed E-state index contributed by atoms with van der Waals surface area (Å²) in [6, 6.07) is 7.95. The fraction of sp³-hybridized carbons (Fsp3) is 0.333. The van der Waals surface area contributed by atoms with Crippen molar-refractivity contribution in [3.05, 3.63) is 46.4 Å². The summed E-state index contributed by atoms with van der Waals surface area (Å²) in [6.07, 6.45) is 3.12. The van der Waals surface area contributed by atoms with Gasteiger partial charge in [0.15, 0.2) is 0 Å².